The Kier molecular flexibility index (Phi) is 3.10. The number of hydrogen-bond acceptors (Lipinski definition) is 2. The van der Waals surface area contributed by atoms with Gasteiger partial charge in [0.25, 0.3) is 0 Å². The van der Waals surface area contributed by atoms with Crippen molar-refractivity contribution in [1.82, 2.24) is 0 Å². The number of nitrogens with zero attached hydrogens (tertiary/aromatic N) is 1. The fourth-order valence-corrected chi connectivity index (χ4v) is 1.09. The van der Waals surface area contributed by atoms with E-state index < -0.39 is 0 Å². The Morgan fingerprint density at radius 3 is 3.00 bits per heavy atom. The lowest BCUT2D eigenvalue weighted by Crippen LogP contribution is -1.99. The first kappa shape index (κ1) is 9.34. The van der Waals surface area contributed by atoms with E-state index in [-0.39, 0.29) is 0 Å². The molecule has 2 nitrogen and oxygen atoms in total. The van der Waals surface area contributed by atoms with Gasteiger partial charge in [-0.05, 0) is 24.6 Å². The molecule has 0 aromatic heterocycles. The van der Waals surface area contributed by atoms with Crippen molar-refractivity contribution in [2.75, 3.05) is 11.9 Å². The van der Waals surface area contributed by atoms with Gasteiger partial charge in [-0.1, -0.05) is 12.1 Å². The molecule has 1 rings (SSSR count). The number of benzene rings is 1. The smallest absolute Gasteiger partial charge is 0.101 e. The van der Waals surface area contributed by atoms with E-state index in [4.69, 9.17) is 5.26 Å². The van der Waals surface area contributed by atoms with Crippen molar-refractivity contribution in [1.29, 1.82) is 5.26 Å². The van der Waals surface area contributed by atoms with E-state index in [0.717, 1.165) is 11.3 Å². The van der Waals surface area contributed by atoms with Crippen LogP contribution in [0, 0.1) is 18.3 Å². The van der Waals surface area contributed by atoms with Crippen LogP contribution in [0.3, 0.4) is 0 Å². The van der Waals surface area contributed by atoms with Gasteiger partial charge in [-0.15, -0.1) is 6.58 Å². The topological polar surface area (TPSA) is 35.8 Å². The molecule has 0 aliphatic heterocycles. The highest BCUT2D eigenvalue weighted by Gasteiger charge is 1.99. The van der Waals surface area contributed by atoms with Crippen LogP contribution >= 0.6 is 0 Å². The summed E-state index contributed by atoms with van der Waals surface area (Å²) in [5.41, 5.74) is 2.65. The van der Waals surface area contributed by atoms with Crippen LogP contribution in [-0.2, 0) is 0 Å². The molecule has 0 unspecified atom stereocenters. The molecule has 1 aromatic carbocycles. The molecule has 2 heteroatoms. The maximum Gasteiger partial charge on any atom is 0.101 e. The molecule has 0 saturated heterocycles. The van der Waals surface area contributed by atoms with E-state index in [0.29, 0.717) is 12.1 Å². The van der Waals surface area contributed by atoms with Crippen LogP contribution in [0.25, 0.3) is 0 Å². The predicted molar refractivity (Wildman–Crippen MR) is 54.6 cm³/mol. The second-order valence-corrected chi connectivity index (χ2v) is 2.83. The van der Waals surface area contributed by atoms with Crippen LogP contribution in [0.2, 0.25) is 0 Å². The highest BCUT2D eigenvalue weighted by molar-refractivity contribution is 5.58. The van der Waals surface area contributed by atoms with E-state index in [1.807, 2.05) is 25.1 Å². The van der Waals surface area contributed by atoms with Crippen molar-refractivity contribution in [3.05, 3.63) is 42.0 Å². The predicted octanol–water partition coefficient (Wildman–Crippen LogP) is 2.46. The molecule has 0 aliphatic carbocycles. The lowest BCUT2D eigenvalue weighted by atomic mass is 10.1. The molecule has 0 radical (unpaired) electrons. The van der Waals surface area contributed by atoms with Crippen molar-refractivity contribution in [2.24, 2.45) is 0 Å². The van der Waals surface area contributed by atoms with Gasteiger partial charge in [0.05, 0.1) is 11.3 Å². The molecule has 0 atom stereocenters. The Labute approximate surface area is 78.5 Å². The number of hydrogen-bond donors (Lipinski definition) is 1. The Balaban J connectivity index is 2.94. The number of nitriles is 1. The Bertz CT molecular complexity index is 348. The lowest BCUT2D eigenvalue weighted by molar-refractivity contribution is 1.31. The third kappa shape index (κ3) is 2.34. The van der Waals surface area contributed by atoms with Crippen molar-refractivity contribution in [2.45, 2.75) is 6.92 Å². The van der Waals surface area contributed by atoms with Crippen LogP contribution in [0.15, 0.2) is 30.9 Å². The molecule has 0 bridgehead atoms. The van der Waals surface area contributed by atoms with Crippen molar-refractivity contribution in [3.63, 3.8) is 0 Å². The Morgan fingerprint density at radius 2 is 2.38 bits per heavy atom. The molecule has 0 heterocycles. The molecule has 13 heavy (non-hydrogen) atoms. The molecule has 0 spiro atoms. The molecule has 66 valence electrons. The summed E-state index contributed by atoms with van der Waals surface area (Å²) < 4.78 is 0. The summed E-state index contributed by atoms with van der Waals surface area (Å²) in [7, 11) is 0. The van der Waals surface area contributed by atoms with Gasteiger partial charge in [-0.3, -0.25) is 0 Å². The summed E-state index contributed by atoms with van der Waals surface area (Å²) in [4.78, 5) is 0. The van der Waals surface area contributed by atoms with Gasteiger partial charge in [-0.2, -0.15) is 5.26 Å². The van der Waals surface area contributed by atoms with Crippen LogP contribution in [0.1, 0.15) is 11.1 Å². The second kappa shape index (κ2) is 4.32. The average molecular weight is 172 g/mol. The SMILES string of the molecule is C=CCNc1ccc(C)cc1C#N. The summed E-state index contributed by atoms with van der Waals surface area (Å²) in [5, 5.41) is 11.9. The van der Waals surface area contributed by atoms with E-state index >= 15 is 0 Å². The van der Waals surface area contributed by atoms with E-state index in [2.05, 4.69) is 18.0 Å². The highest BCUT2D eigenvalue weighted by atomic mass is 14.9. The van der Waals surface area contributed by atoms with Gasteiger partial charge in [-0.25, -0.2) is 0 Å². The van der Waals surface area contributed by atoms with Crippen LogP contribution < -0.4 is 5.32 Å². The fraction of sp³-hybridized carbons (Fsp3) is 0.182. The third-order valence-electron chi connectivity index (χ3n) is 1.73. The first-order valence-corrected chi connectivity index (χ1v) is 4.13. The molecular weight excluding hydrogens is 160 g/mol. The summed E-state index contributed by atoms with van der Waals surface area (Å²) in [6.45, 7) is 6.25. The standard InChI is InChI=1S/C11H12N2/c1-3-6-13-11-5-4-9(2)7-10(11)8-12/h3-5,7,13H,1,6H2,2H3. The number of nitrogens with one attached hydrogen (secondary N) is 1. The minimum atomic E-state index is 0.678. The number of anilines is 1. The van der Waals surface area contributed by atoms with Gasteiger partial charge in [0, 0.05) is 6.54 Å². The first-order chi connectivity index (χ1) is 6.27. The molecule has 0 aliphatic rings. The van der Waals surface area contributed by atoms with Crippen molar-refractivity contribution in [3.8, 4) is 6.07 Å². The van der Waals surface area contributed by atoms with Crippen molar-refractivity contribution >= 4 is 5.69 Å². The van der Waals surface area contributed by atoms with Gasteiger partial charge >= 0.3 is 0 Å². The van der Waals surface area contributed by atoms with Crippen LogP contribution in [0.4, 0.5) is 5.69 Å². The van der Waals surface area contributed by atoms with Crippen molar-refractivity contribution < 1.29 is 0 Å². The summed E-state index contributed by atoms with van der Waals surface area (Å²) in [5.74, 6) is 0. The van der Waals surface area contributed by atoms with Gasteiger partial charge in [0.1, 0.15) is 6.07 Å². The molecule has 0 saturated carbocycles. The van der Waals surface area contributed by atoms with Gasteiger partial charge in [0.2, 0.25) is 0 Å². The van der Waals surface area contributed by atoms with Crippen LogP contribution in [0.5, 0.6) is 0 Å². The lowest BCUT2D eigenvalue weighted by Gasteiger charge is -2.05. The van der Waals surface area contributed by atoms with E-state index in [9.17, 15) is 0 Å². The fourth-order valence-electron chi connectivity index (χ4n) is 1.09. The summed E-state index contributed by atoms with van der Waals surface area (Å²) in [6, 6.07) is 7.91. The maximum atomic E-state index is 8.83. The molecule has 0 fully saturated rings. The first-order valence-electron chi connectivity index (χ1n) is 4.13. The third-order valence-corrected chi connectivity index (χ3v) is 1.73. The summed E-state index contributed by atoms with van der Waals surface area (Å²) >= 11 is 0. The molecule has 1 aromatic rings. The zero-order valence-electron chi connectivity index (χ0n) is 7.67. The highest BCUT2D eigenvalue weighted by Crippen LogP contribution is 2.15. The zero-order valence-corrected chi connectivity index (χ0v) is 7.67. The Hall–Kier alpha value is -1.75. The average Bonchev–Trinajstić information content (AvgIpc) is 2.16. The minimum Gasteiger partial charge on any atom is -0.381 e. The normalized spacial score (nSPS) is 8.92. The molecule has 0 amide bonds. The zero-order chi connectivity index (χ0) is 9.68. The number of rotatable bonds is 3. The van der Waals surface area contributed by atoms with E-state index in [1.54, 1.807) is 6.08 Å². The van der Waals surface area contributed by atoms with E-state index in [1.165, 1.54) is 0 Å². The molecule has 1 N–H and O–H groups in total. The molecular formula is C11H12N2. The second-order valence-electron chi connectivity index (χ2n) is 2.83. The summed E-state index contributed by atoms with van der Waals surface area (Å²) in [6.07, 6.45) is 1.76. The maximum absolute atomic E-state index is 8.83. The van der Waals surface area contributed by atoms with Gasteiger partial charge < -0.3 is 5.32 Å². The minimum absolute atomic E-state index is 0.678. The van der Waals surface area contributed by atoms with Gasteiger partial charge in [0.15, 0.2) is 0 Å². The largest absolute Gasteiger partial charge is 0.381 e. The quantitative estimate of drug-likeness (QED) is 0.711. The number of aryl methyl sites for hydroxylation is 1. The monoisotopic (exact) mass is 172 g/mol. The Morgan fingerprint density at radius 1 is 1.62 bits per heavy atom. The van der Waals surface area contributed by atoms with Crippen LogP contribution in [-0.4, -0.2) is 6.54 Å².